The summed E-state index contributed by atoms with van der Waals surface area (Å²) in [5, 5.41) is 0. The number of ether oxygens (including phenoxy) is 4. The molecule has 3 aliphatic rings. The first-order valence-electron chi connectivity index (χ1n) is 15.3. The van der Waals surface area contributed by atoms with E-state index in [9.17, 15) is 4.79 Å². The van der Waals surface area contributed by atoms with E-state index < -0.39 is 0 Å². The number of benzene rings is 2. The van der Waals surface area contributed by atoms with E-state index in [-0.39, 0.29) is 30.0 Å². The summed E-state index contributed by atoms with van der Waals surface area (Å²) in [5.74, 6) is 1.01. The average molecular weight is 603 g/mol. The topological polar surface area (TPSA) is 92.7 Å². The molecular formula is C33H42N6O5. The van der Waals surface area contributed by atoms with Gasteiger partial charge in [-0.1, -0.05) is 60.7 Å². The quantitative estimate of drug-likeness (QED) is 0.386. The smallest absolute Gasteiger partial charge is 0.322 e. The molecule has 4 heterocycles. The number of amides is 2. The minimum atomic E-state index is 0.108. The van der Waals surface area contributed by atoms with Crippen LogP contribution < -0.4 is 14.2 Å². The second-order valence-electron chi connectivity index (χ2n) is 11.5. The van der Waals surface area contributed by atoms with Crippen molar-refractivity contribution in [2.45, 2.75) is 24.5 Å². The van der Waals surface area contributed by atoms with Crippen LogP contribution in [0.3, 0.4) is 0 Å². The van der Waals surface area contributed by atoms with Gasteiger partial charge in [-0.15, -0.1) is 0 Å². The Morgan fingerprint density at radius 3 is 1.98 bits per heavy atom. The minimum absolute atomic E-state index is 0.108. The molecular weight excluding hydrogens is 560 g/mol. The van der Waals surface area contributed by atoms with Crippen LogP contribution in [0.15, 0.2) is 60.7 Å². The Morgan fingerprint density at radius 2 is 1.41 bits per heavy atom. The van der Waals surface area contributed by atoms with Crippen LogP contribution in [0.1, 0.15) is 22.6 Å². The molecule has 1 aromatic heterocycles. The van der Waals surface area contributed by atoms with Crippen molar-refractivity contribution in [1.29, 1.82) is 0 Å². The molecule has 3 aromatic rings. The maximum atomic E-state index is 13.6. The van der Waals surface area contributed by atoms with Crippen molar-refractivity contribution in [2.75, 3.05) is 80.4 Å². The molecule has 11 heteroatoms. The van der Waals surface area contributed by atoms with Gasteiger partial charge < -0.3 is 28.7 Å². The first-order valence-corrected chi connectivity index (χ1v) is 15.3. The van der Waals surface area contributed by atoms with E-state index in [1.165, 1.54) is 18.2 Å². The third-order valence-corrected chi connectivity index (χ3v) is 8.98. The number of hydrogen-bond acceptors (Lipinski definition) is 9. The summed E-state index contributed by atoms with van der Waals surface area (Å²) in [6.07, 6.45) is 0. The van der Waals surface area contributed by atoms with Gasteiger partial charge in [-0.05, 0) is 11.1 Å². The fourth-order valence-corrected chi connectivity index (χ4v) is 6.94. The van der Waals surface area contributed by atoms with Gasteiger partial charge in [0.15, 0.2) is 0 Å². The number of urea groups is 1. The van der Waals surface area contributed by atoms with Crippen molar-refractivity contribution in [2.24, 2.45) is 0 Å². The zero-order chi connectivity index (χ0) is 30.5. The van der Waals surface area contributed by atoms with Crippen molar-refractivity contribution in [3.05, 3.63) is 77.4 Å². The van der Waals surface area contributed by atoms with Crippen LogP contribution in [0.4, 0.5) is 4.79 Å². The molecule has 234 valence electrons. The second kappa shape index (κ2) is 13.8. The number of fused-ring (bicyclic) bond motifs is 1. The summed E-state index contributed by atoms with van der Waals surface area (Å²) in [6, 6.07) is 22.1. The molecule has 0 aliphatic carbocycles. The number of nitrogens with zero attached hydrogens (tertiary/aromatic N) is 6. The molecule has 2 aromatic carbocycles. The molecule has 0 unspecified atom stereocenters. The van der Waals surface area contributed by atoms with Crippen LogP contribution in [-0.4, -0.2) is 128 Å². The van der Waals surface area contributed by atoms with Gasteiger partial charge in [0.25, 0.3) is 0 Å². The lowest BCUT2D eigenvalue weighted by atomic mass is 9.81. The van der Waals surface area contributed by atoms with E-state index in [4.69, 9.17) is 18.9 Å². The number of methoxy groups -OCH3 is 3. The Morgan fingerprint density at radius 1 is 0.795 bits per heavy atom. The van der Waals surface area contributed by atoms with Crippen molar-refractivity contribution in [3.63, 3.8) is 0 Å². The number of piperazine rings is 2. The zero-order valence-electron chi connectivity index (χ0n) is 25.8. The van der Waals surface area contributed by atoms with E-state index in [1.807, 2.05) is 9.80 Å². The van der Waals surface area contributed by atoms with Crippen molar-refractivity contribution < 1.29 is 23.7 Å². The maximum absolute atomic E-state index is 13.6. The standard InChI is InChI=1S/C33H42N6O5/c1-41-30-27(31(42-2)35-32(34-30)43-3)22-36-20-26-21-38(33(40)37-16-18-44-19-17-37)14-15-39(26)28(23-36)29(24-10-6-4-7-11-24)25-12-8-5-9-13-25/h4-13,26,28-29H,14-23H2,1-3H3/t26-,28+/m1/s1. The van der Waals surface area contributed by atoms with Crippen molar-refractivity contribution >= 4 is 6.03 Å². The second-order valence-corrected chi connectivity index (χ2v) is 11.5. The molecule has 0 spiro atoms. The van der Waals surface area contributed by atoms with Crippen LogP contribution in [0, 0.1) is 0 Å². The molecule has 3 aliphatic heterocycles. The Hall–Kier alpha value is -3.93. The highest BCUT2D eigenvalue weighted by molar-refractivity contribution is 5.74. The monoisotopic (exact) mass is 602 g/mol. The largest absolute Gasteiger partial charge is 0.481 e. The van der Waals surface area contributed by atoms with Gasteiger partial charge >= 0.3 is 12.0 Å². The van der Waals surface area contributed by atoms with Crippen LogP contribution in [-0.2, 0) is 11.3 Å². The normalized spacial score (nSPS) is 21.2. The van der Waals surface area contributed by atoms with E-state index in [0.717, 1.165) is 25.2 Å². The Kier molecular flexibility index (Phi) is 9.44. The third-order valence-electron chi connectivity index (χ3n) is 8.98. The van der Waals surface area contributed by atoms with Crippen LogP contribution in [0.5, 0.6) is 17.8 Å². The lowest BCUT2D eigenvalue weighted by Gasteiger charge is -2.54. The molecule has 0 N–H and O–H groups in total. The average Bonchev–Trinajstić information content (AvgIpc) is 3.09. The van der Waals surface area contributed by atoms with Crippen molar-refractivity contribution in [1.82, 2.24) is 29.6 Å². The fourth-order valence-electron chi connectivity index (χ4n) is 6.94. The van der Waals surface area contributed by atoms with Gasteiger partial charge in [-0.25, -0.2) is 4.79 Å². The first-order chi connectivity index (χ1) is 21.6. The number of aromatic nitrogens is 2. The van der Waals surface area contributed by atoms with Gasteiger partial charge in [-0.3, -0.25) is 9.80 Å². The van der Waals surface area contributed by atoms with E-state index >= 15 is 0 Å². The molecule has 44 heavy (non-hydrogen) atoms. The molecule has 11 nitrogen and oxygen atoms in total. The SMILES string of the molecule is COc1nc(OC)c(CN2C[C@@H]3CN(C(=O)N4CCOCC4)CCN3[C@H](C(c3ccccc3)c3ccccc3)C2)c(OC)n1. The number of morpholine rings is 1. The summed E-state index contributed by atoms with van der Waals surface area (Å²) in [7, 11) is 4.73. The van der Waals surface area contributed by atoms with E-state index in [2.05, 4.69) is 80.4 Å². The van der Waals surface area contributed by atoms with Gasteiger partial charge in [0.1, 0.15) is 0 Å². The van der Waals surface area contributed by atoms with Gasteiger partial charge in [0.2, 0.25) is 11.8 Å². The molecule has 0 bridgehead atoms. The maximum Gasteiger partial charge on any atom is 0.322 e. The summed E-state index contributed by atoms with van der Waals surface area (Å²) in [6.45, 7) is 6.75. The minimum Gasteiger partial charge on any atom is -0.481 e. The van der Waals surface area contributed by atoms with E-state index in [0.29, 0.717) is 57.7 Å². The predicted molar refractivity (Wildman–Crippen MR) is 165 cm³/mol. The number of hydrogen-bond donors (Lipinski definition) is 0. The number of rotatable bonds is 8. The summed E-state index contributed by atoms with van der Waals surface area (Å²) in [5.41, 5.74) is 3.33. The molecule has 3 fully saturated rings. The summed E-state index contributed by atoms with van der Waals surface area (Å²) in [4.78, 5) is 31.5. The highest BCUT2D eigenvalue weighted by Crippen LogP contribution is 2.37. The third kappa shape index (κ3) is 6.31. The number of carbonyl (C=O) groups is 1. The fraction of sp³-hybridized carbons (Fsp3) is 0.485. The molecule has 2 amide bonds. The van der Waals surface area contributed by atoms with Crippen LogP contribution in [0.2, 0.25) is 0 Å². The van der Waals surface area contributed by atoms with Crippen LogP contribution >= 0.6 is 0 Å². The predicted octanol–water partition coefficient (Wildman–Crippen LogP) is 2.96. The van der Waals surface area contributed by atoms with Gasteiger partial charge in [0.05, 0.1) is 40.1 Å². The molecule has 0 saturated carbocycles. The zero-order valence-corrected chi connectivity index (χ0v) is 25.8. The Balaban J connectivity index is 1.35. The molecule has 2 atom stereocenters. The van der Waals surface area contributed by atoms with E-state index in [1.54, 1.807) is 14.2 Å². The molecule has 0 radical (unpaired) electrons. The summed E-state index contributed by atoms with van der Waals surface area (Å²) < 4.78 is 22.2. The highest BCUT2D eigenvalue weighted by atomic mass is 16.5. The van der Waals surface area contributed by atoms with Gasteiger partial charge in [0, 0.05) is 70.4 Å². The molecule has 3 saturated heterocycles. The lowest BCUT2D eigenvalue weighted by Crippen LogP contribution is -2.68. The van der Waals surface area contributed by atoms with Crippen molar-refractivity contribution in [3.8, 4) is 17.8 Å². The number of carbonyl (C=O) groups excluding carboxylic acids is 1. The molecule has 6 rings (SSSR count). The highest BCUT2D eigenvalue weighted by Gasteiger charge is 2.44. The summed E-state index contributed by atoms with van der Waals surface area (Å²) >= 11 is 0. The Bertz CT molecular complexity index is 1330. The van der Waals surface area contributed by atoms with Crippen LogP contribution in [0.25, 0.3) is 0 Å². The van der Waals surface area contributed by atoms with Gasteiger partial charge in [-0.2, -0.15) is 9.97 Å². The lowest BCUT2D eigenvalue weighted by molar-refractivity contribution is -0.0315. The Labute approximate surface area is 259 Å². The first kappa shape index (κ1) is 30.1.